The van der Waals surface area contributed by atoms with E-state index in [9.17, 15) is 8.78 Å². The second-order valence-corrected chi connectivity index (χ2v) is 5.08. The lowest BCUT2D eigenvalue weighted by atomic mass is 10.1. The Morgan fingerprint density at radius 3 is 2.56 bits per heavy atom. The Bertz CT molecular complexity index is 570. The number of nitrogens with two attached hydrogens (primary N) is 1. The quantitative estimate of drug-likeness (QED) is 0.911. The van der Waals surface area contributed by atoms with E-state index in [1.54, 1.807) is 0 Å². The van der Waals surface area contributed by atoms with Gasteiger partial charge in [-0.3, -0.25) is 0 Å². The summed E-state index contributed by atoms with van der Waals surface area (Å²) < 4.78 is 26.6. The normalized spacial score (nSPS) is 10.7. The fourth-order valence-electron chi connectivity index (χ4n) is 1.64. The van der Waals surface area contributed by atoms with Crippen LogP contribution >= 0.6 is 11.8 Å². The zero-order valence-electron chi connectivity index (χ0n) is 9.91. The smallest absolute Gasteiger partial charge is 0.137 e. The van der Waals surface area contributed by atoms with Crippen LogP contribution in [-0.4, -0.2) is 0 Å². The molecular weight excluding hydrogens is 252 g/mol. The first kappa shape index (κ1) is 13.1. The average Bonchev–Trinajstić information content (AvgIpc) is 2.36. The minimum Gasteiger partial charge on any atom is -0.326 e. The number of aryl methyl sites for hydroxylation is 1. The highest BCUT2D eigenvalue weighted by atomic mass is 32.2. The molecule has 0 saturated heterocycles. The molecule has 0 atom stereocenters. The Hall–Kier alpha value is -1.39. The lowest BCUT2D eigenvalue weighted by molar-refractivity contribution is 0.577. The molecule has 0 amide bonds. The lowest BCUT2D eigenvalue weighted by Gasteiger charge is -2.09. The lowest BCUT2D eigenvalue weighted by Crippen LogP contribution is -1.99. The Kier molecular flexibility index (Phi) is 3.99. The molecular formula is C14H13F2NS. The first-order valence-electron chi connectivity index (χ1n) is 5.52. The Labute approximate surface area is 109 Å². The van der Waals surface area contributed by atoms with E-state index in [1.165, 1.54) is 17.8 Å². The predicted molar refractivity (Wildman–Crippen MR) is 69.6 cm³/mol. The molecule has 94 valence electrons. The van der Waals surface area contributed by atoms with Gasteiger partial charge in [0.15, 0.2) is 0 Å². The molecule has 0 spiro atoms. The minimum atomic E-state index is -0.444. The zero-order chi connectivity index (χ0) is 13.1. The SMILES string of the molecule is Cc1ccc(Sc2cc(F)ccc2F)c(CN)c1. The molecule has 0 aliphatic carbocycles. The van der Waals surface area contributed by atoms with Gasteiger partial charge in [-0.15, -0.1) is 0 Å². The monoisotopic (exact) mass is 265 g/mol. The van der Waals surface area contributed by atoms with Gasteiger partial charge in [-0.25, -0.2) is 8.78 Å². The van der Waals surface area contributed by atoms with Gasteiger partial charge in [0.05, 0.1) is 4.90 Å². The van der Waals surface area contributed by atoms with Crippen molar-refractivity contribution in [1.82, 2.24) is 0 Å². The van der Waals surface area contributed by atoms with Gasteiger partial charge in [0.2, 0.25) is 0 Å². The fourth-order valence-corrected chi connectivity index (χ4v) is 2.62. The van der Waals surface area contributed by atoms with E-state index in [1.807, 2.05) is 25.1 Å². The number of rotatable bonds is 3. The molecule has 0 aliphatic rings. The Morgan fingerprint density at radius 1 is 1.06 bits per heavy atom. The van der Waals surface area contributed by atoms with E-state index in [0.29, 0.717) is 6.54 Å². The summed E-state index contributed by atoms with van der Waals surface area (Å²) in [6.07, 6.45) is 0. The minimum absolute atomic E-state index is 0.272. The van der Waals surface area contributed by atoms with E-state index < -0.39 is 11.6 Å². The Morgan fingerprint density at radius 2 is 1.83 bits per heavy atom. The average molecular weight is 265 g/mol. The molecule has 1 nitrogen and oxygen atoms in total. The van der Waals surface area contributed by atoms with Crippen molar-refractivity contribution in [3.8, 4) is 0 Å². The first-order chi connectivity index (χ1) is 8.60. The third-order valence-corrected chi connectivity index (χ3v) is 3.70. The fraction of sp³-hybridized carbons (Fsp3) is 0.143. The molecule has 0 bridgehead atoms. The van der Waals surface area contributed by atoms with Gasteiger partial charge < -0.3 is 5.73 Å². The molecule has 0 aromatic heterocycles. The predicted octanol–water partition coefficient (Wildman–Crippen LogP) is 3.88. The van der Waals surface area contributed by atoms with E-state index in [2.05, 4.69) is 0 Å². The summed E-state index contributed by atoms with van der Waals surface area (Å²) >= 11 is 1.19. The van der Waals surface area contributed by atoms with Crippen LogP contribution in [0.3, 0.4) is 0 Å². The summed E-state index contributed by atoms with van der Waals surface area (Å²) in [5.41, 5.74) is 7.69. The molecule has 2 aromatic rings. The van der Waals surface area contributed by atoms with Crippen LogP contribution in [0.2, 0.25) is 0 Å². The molecule has 2 rings (SSSR count). The van der Waals surface area contributed by atoms with Crippen molar-refractivity contribution in [2.45, 2.75) is 23.3 Å². The van der Waals surface area contributed by atoms with Crippen molar-refractivity contribution in [3.63, 3.8) is 0 Å². The maximum Gasteiger partial charge on any atom is 0.137 e. The van der Waals surface area contributed by atoms with E-state index in [0.717, 1.165) is 28.2 Å². The number of benzene rings is 2. The van der Waals surface area contributed by atoms with E-state index >= 15 is 0 Å². The maximum absolute atomic E-state index is 13.6. The third-order valence-electron chi connectivity index (χ3n) is 2.55. The standard InChI is InChI=1S/C14H13F2NS/c1-9-2-5-13(10(6-9)8-17)18-14-7-11(15)3-4-12(14)16/h2-7H,8,17H2,1H3. The maximum atomic E-state index is 13.6. The molecule has 0 heterocycles. The van der Waals surface area contributed by atoms with Crippen molar-refractivity contribution in [1.29, 1.82) is 0 Å². The van der Waals surface area contributed by atoms with Crippen LogP contribution in [0.25, 0.3) is 0 Å². The summed E-state index contributed by atoms with van der Waals surface area (Å²) in [6.45, 7) is 2.34. The van der Waals surface area contributed by atoms with Gasteiger partial charge >= 0.3 is 0 Å². The van der Waals surface area contributed by atoms with Gasteiger partial charge in [0, 0.05) is 11.4 Å². The molecule has 18 heavy (non-hydrogen) atoms. The molecule has 0 saturated carbocycles. The van der Waals surface area contributed by atoms with Crippen LogP contribution in [-0.2, 0) is 6.54 Å². The summed E-state index contributed by atoms with van der Waals surface area (Å²) in [5.74, 6) is -0.870. The molecule has 2 N–H and O–H groups in total. The molecule has 0 unspecified atom stereocenters. The van der Waals surface area contributed by atoms with Crippen molar-refractivity contribution in [3.05, 3.63) is 59.2 Å². The second-order valence-electron chi connectivity index (χ2n) is 3.99. The van der Waals surface area contributed by atoms with Gasteiger partial charge in [-0.2, -0.15) is 0 Å². The van der Waals surface area contributed by atoms with Crippen LogP contribution in [0.5, 0.6) is 0 Å². The van der Waals surface area contributed by atoms with Gasteiger partial charge in [-0.1, -0.05) is 29.5 Å². The first-order valence-corrected chi connectivity index (χ1v) is 6.34. The largest absolute Gasteiger partial charge is 0.326 e. The highest BCUT2D eigenvalue weighted by molar-refractivity contribution is 7.99. The molecule has 0 radical (unpaired) electrons. The molecule has 2 aromatic carbocycles. The summed E-state index contributed by atoms with van der Waals surface area (Å²) in [5, 5.41) is 0. The summed E-state index contributed by atoms with van der Waals surface area (Å²) in [7, 11) is 0. The van der Waals surface area contributed by atoms with Crippen molar-refractivity contribution >= 4 is 11.8 Å². The third kappa shape index (κ3) is 2.89. The summed E-state index contributed by atoms with van der Waals surface area (Å²) in [4.78, 5) is 1.13. The van der Waals surface area contributed by atoms with Gasteiger partial charge in [-0.05, 0) is 36.8 Å². The van der Waals surface area contributed by atoms with Crippen molar-refractivity contribution in [2.75, 3.05) is 0 Å². The van der Waals surface area contributed by atoms with Crippen LogP contribution < -0.4 is 5.73 Å². The summed E-state index contributed by atoms with van der Waals surface area (Å²) in [6, 6.07) is 9.21. The van der Waals surface area contributed by atoms with Gasteiger partial charge in [0.1, 0.15) is 11.6 Å². The second kappa shape index (κ2) is 5.50. The molecule has 0 aliphatic heterocycles. The number of hydrogen-bond acceptors (Lipinski definition) is 2. The van der Waals surface area contributed by atoms with Crippen molar-refractivity contribution < 1.29 is 8.78 Å². The number of hydrogen-bond donors (Lipinski definition) is 1. The molecule has 4 heteroatoms. The highest BCUT2D eigenvalue weighted by Gasteiger charge is 2.09. The van der Waals surface area contributed by atoms with Gasteiger partial charge in [0.25, 0.3) is 0 Å². The van der Waals surface area contributed by atoms with Crippen molar-refractivity contribution in [2.24, 2.45) is 5.73 Å². The number of halogens is 2. The van der Waals surface area contributed by atoms with Crippen LogP contribution in [0.15, 0.2) is 46.2 Å². The topological polar surface area (TPSA) is 26.0 Å². The van der Waals surface area contributed by atoms with E-state index in [4.69, 9.17) is 5.73 Å². The van der Waals surface area contributed by atoms with Crippen LogP contribution in [0, 0.1) is 18.6 Å². The Balaban J connectivity index is 2.36. The van der Waals surface area contributed by atoms with E-state index in [-0.39, 0.29) is 4.90 Å². The van der Waals surface area contributed by atoms with Crippen LogP contribution in [0.1, 0.15) is 11.1 Å². The highest BCUT2D eigenvalue weighted by Crippen LogP contribution is 2.33. The molecule has 0 fully saturated rings. The van der Waals surface area contributed by atoms with Crippen LogP contribution in [0.4, 0.5) is 8.78 Å². The zero-order valence-corrected chi connectivity index (χ0v) is 10.7.